The van der Waals surface area contributed by atoms with Crippen molar-refractivity contribution < 1.29 is 4.79 Å². The van der Waals surface area contributed by atoms with Crippen LogP contribution in [0.4, 0.5) is 0 Å². The molecule has 1 aliphatic rings. The summed E-state index contributed by atoms with van der Waals surface area (Å²) in [6.45, 7) is 8.97. The van der Waals surface area contributed by atoms with Gasteiger partial charge < -0.3 is 9.88 Å². The molecule has 2 aromatic heterocycles. The first-order valence-electron chi connectivity index (χ1n) is 7.72. The molecule has 0 bridgehead atoms. The molecule has 3 rings (SSSR count). The third-order valence-corrected chi connectivity index (χ3v) is 4.16. The third kappa shape index (κ3) is 2.65. The lowest BCUT2D eigenvalue weighted by Crippen LogP contribution is -2.41. The number of imidazole rings is 1. The number of carbonyl (C=O) groups is 1. The van der Waals surface area contributed by atoms with Gasteiger partial charge in [-0.2, -0.15) is 5.10 Å². The summed E-state index contributed by atoms with van der Waals surface area (Å²) >= 11 is 0. The van der Waals surface area contributed by atoms with Crippen molar-refractivity contribution in [2.24, 2.45) is 0 Å². The third-order valence-electron chi connectivity index (χ3n) is 4.16. The number of aromatic nitrogens is 4. The monoisotopic (exact) mass is 301 g/mol. The average Bonchev–Trinajstić information content (AvgIpc) is 3.03. The van der Waals surface area contributed by atoms with Crippen LogP contribution in [0.3, 0.4) is 0 Å². The van der Waals surface area contributed by atoms with Crippen LogP contribution in [0.1, 0.15) is 49.1 Å². The molecular formula is C16H23N5O. The number of rotatable bonds is 2. The first-order valence-corrected chi connectivity index (χ1v) is 7.72. The smallest absolute Gasteiger partial charge is 0.255 e. The fourth-order valence-corrected chi connectivity index (χ4v) is 3.06. The van der Waals surface area contributed by atoms with Crippen LogP contribution in [0, 0.1) is 6.92 Å². The Labute approximate surface area is 130 Å². The van der Waals surface area contributed by atoms with Crippen molar-refractivity contribution in [3.63, 3.8) is 0 Å². The second-order valence-electron chi connectivity index (χ2n) is 6.93. The Morgan fingerprint density at radius 3 is 2.86 bits per heavy atom. The minimum Gasteiger partial charge on any atom is -0.347 e. The summed E-state index contributed by atoms with van der Waals surface area (Å²) in [7, 11) is 0. The number of amides is 1. The molecule has 22 heavy (non-hydrogen) atoms. The van der Waals surface area contributed by atoms with Crippen LogP contribution >= 0.6 is 0 Å². The maximum Gasteiger partial charge on any atom is 0.255 e. The standard InChI is InChI=1S/C16H23N5O/c1-11-13(9-18-21(11)16(2,3)4)15(22)19-12-5-6-14-17-7-8-20(14)10-12/h7-9,12H,5-6,10H2,1-4H3,(H,19,22)/t12-/m0/s1. The topological polar surface area (TPSA) is 64.7 Å². The molecule has 0 aliphatic carbocycles. The van der Waals surface area contributed by atoms with Gasteiger partial charge in [0.15, 0.2) is 0 Å². The number of hydrogen-bond donors (Lipinski definition) is 1. The average molecular weight is 301 g/mol. The normalized spacial score (nSPS) is 18.1. The predicted octanol–water partition coefficient (Wildman–Crippen LogP) is 1.89. The van der Waals surface area contributed by atoms with E-state index in [2.05, 4.69) is 40.7 Å². The Balaban J connectivity index is 1.72. The summed E-state index contributed by atoms with van der Waals surface area (Å²) in [4.78, 5) is 16.8. The highest BCUT2D eigenvalue weighted by molar-refractivity contribution is 5.95. The largest absolute Gasteiger partial charge is 0.347 e. The van der Waals surface area contributed by atoms with Crippen LogP contribution in [0.5, 0.6) is 0 Å². The van der Waals surface area contributed by atoms with Gasteiger partial charge in [-0.05, 0) is 34.1 Å². The van der Waals surface area contributed by atoms with Gasteiger partial charge in [-0.3, -0.25) is 9.48 Å². The molecule has 1 aliphatic heterocycles. The fraction of sp³-hybridized carbons (Fsp3) is 0.562. The Bertz CT molecular complexity index is 692. The van der Waals surface area contributed by atoms with E-state index in [4.69, 9.17) is 0 Å². The highest BCUT2D eigenvalue weighted by Gasteiger charge is 2.25. The molecule has 1 N–H and O–H groups in total. The number of aryl methyl sites for hydroxylation is 1. The Kier molecular flexibility index (Phi) is 3.54. The highest BCUT2D eigenvalue weighted by Crippen LogP contribution is 2.19. The molecular weight excluding hydrogens is 278 g/mol. The SMILES string of the molecule is Cc1c(C(=O)N[C@H]2CCc3nccn3C2)cnn1C(C)(C)C. The molecule has 0 spiro atoms. The first-order chi connectivity index (χ1) is 10.4. The summed E-state index contributed by atoms with van der Waals surface area (Å²) in [5.41, 5.74) is 1.44. The van der Waals surface area contributed by atoms with E-state index in [1.165, 1.54) is 0 Å². The van der Waals surface area contributed by atoms with Gasteiger partial charge in [0.2, 0.25) is 0 Å². The maximum atomic E-state index is 12.5. The summed E-state index contributed by atoms with van der Waals surface area (Å²) in [5, 5.41) is 7.50. The van der Waals surface area contributed by atoms with Crippen LogP contribution in [-0.4, -0.2) is 31.3 Å². The minimum atomic E-state index is -0.126. The van der Waals surface area contributed by atoms with Crippen molar-refractivity contribution in [2.75, 3.05) is 0 Å². The molecule has 0 radical (unpaired) electrons. The van der Waals surface area contributed by atoms with E-state index in [1.54, 1.807) is 6.20 Å². The van der Waals surface area contributed by atoms with Crippen molar-refractivity contribution in [2.45, 2.75) is 58.7 Å². The zero-order valence-corrected chi connectivity index (χ0v) is 13.6. The summed E-state index contributed by atoms with van der Waals surface area (Å²) in [5.74, 6) is 1.06. The highest BCUT2D eigenvalue weighted by atomic mass is 16.1. The van der Waals surface area contributed by atoms with E-state index in [0.717, 1.165) is 30.9 Å². The lowest BCUT2D eigenvalue weighted by molar-refractivity contribution is 0.0926. The molecule has 0 saturated heterocycles. The predicted molar refractivity (Wildman–Crippen MR) is 83.8 cm³/mol. The van der Waals surface area contributed by atoms with E-state index in [0.29, 0.717) is 5.56 Å². The van der Waals surface area contributed by atoms with Gasteiger partial charge in [-0.1, -0.05) is 0 Å². The van der Waals surface area contributed by atoms with Gasteiger partial charge in [0.25, 0.3) is 5.91 Å². The fourth-order valence-electron chi connectivity index (χ4n) is 3.06. The molecule has 0 saturated carbocycles. The van der Waals surface area contributed by atoms with Gasteiger partial charge in [0.1, 0.15) is 5.82 Å². The number of fused-ring (bicyclic) bond motifs is 1. The number of carbonyl (C=O) groups excluding carboxylic acids is 1. The maximum absolute atomic E-state index is 12.5. The Hall–Kier alpha value is -2.11. The number of nitrogens with one attached hydrogen (secondary N) is 1. The van der Waals surface area contributed by atoms with E-state index in [-0.39, 0.29) is 17.5 Å². The van der Waals surface area contributed by atoms with Gasteiger partial charge in [0, 0.05) is 37.1 Å². The van der Waals surface area contributed by atoms with Crippen molar-refractivity contribution in [1.29, 1.82) is 0 Å². The molecule has 1 atom stereocenters. The molecule has 0 aromatic carbocycles. The van der Waals surface area contributed by atoms with Crippen LogP contribution in [0.25, 0.3) is 0 Å². The molecule has 3 heterocycles. The minimum absolute atomic E-state index is 0.0402. The number of hydrogen-bond acceptors (Lipinski definition) is 3. The van der Waals surface area contributed by atoms with Crippen LogP contribution in [0.15, 0.2) is 18.6 Å². The zero-order chi connectivity index (χ0) is 15.9. The van der Waals surface area contributed by atoms with Gasteiger partial charge >= 0.3 is 0 Å². The molecule has 6 heteroatoms. The van der Waals surface area contributed by atoms with Crippen LogP contribution in [-0.2, 0) is 18.5 Å². The first kappa shape index (κ1) is 14.8. The molecule has 0 fully saturated rings. The van der Waals surface area contributed by atoms with E-state index in [1.807, 2.05) is 24.0 Å². The van der Waals surface area contributed by atoms with Crippen molar-refractivity contribution in [3.05, 3.63) is 35.7 Å². The lowest BCUT2D eigenvalue weighted by Gasteiger charge is -2.25. The van der Waals surface area contributed by atoms with Gasteiger partial charge in [-0.15, -0.1) is 0 Å². The summed E-state index contributed by atoms with van der Waals surface area (Å²) < 4.78 is 4.01. The van der Waals surface area contributed by atoms with E-state index >= 15 is 0 Å². The van der Waals surface area contributed by atoms with Gasteiger partial charge in [-0.25, -0.2) is 4.98 Å². The second-order valence-corrected chi connectivity index (χ2v) is 6.93. The van der Waals surface area contributed by atoms with Crippen LogP contribution in [0.2, 0.25) is 0 Å². The van der Waals surface area contributed by atoms with E-state index in [9.17, 15) is 4.79 Å². The van der Waals surface area contributed by atoms with Crippen molar-refractivity contribution in [1.82, 2.24) is 24.6 Å². The molecule has 6 nitrogen and oxygen atoms in total. The molecule has 1 amide bonds. The molecule has 118 valence electrons. The van der Waals surface area contributed by atoms with Crippen molar-refractivity contribution >= 4 is 5.91 Å². The Morgan fingerprint density at radius 1 is 1.41 bits per heavy atom. The van der Waals surface area contributed by atoms with Crippen molar-refractivity contribution in [3.8, 4) is 0 Å². The quantitative estimate of drug-likeness (QED) is 0.921. The summed E-state index contributed by atoms with van der Waals surface area (Å²) in [6.07, 6.45) is 7.28. The Morgan fingerprint density at radius 2 is 2.18 bits per heavy atom. The molecule has 2 aromatic rings. The van der Waals surface area contributed by atoms with Gasteiger partial charge in [0.05, 0.1) is 17.3 Å². The number of nitrogens with zero attached hydrogens (tertiary/aromatic N) is 4. The lowest BCUT2D eigenvalue weighted by atomic mass is 10.1. The molecule has 0 unspecified atom stereocenters. The summed E-state index contributed by atoms with van der Waals surface area (Å²) in [6, 6.07) is 0.145. The van der Waals surface area contributed by atoms with E-state index < -0.39 is 0 Å². The second kappa shape index (κ2) is 5.26. The van der Waals surface area contributed by atoms with Crippen LogP contribution < -0.4 is 5.32 Å². The zero-order valence-electron chi connectivity index (χ0n) is 13.6.